The van der Waals surface area contributed by atoms with Gasteiger partial charge in [0.1, 0.15) is 0 Å². The van der Waals surface area contributed by atoms with Crippen LogP contribution in [0, 0.1) is 5.92 Å². The van der Waals surface area contributed by atoms with Crippen molar-refractivity contribution in [2.75, 3.05) is 6.67 Å². The minimum atomic E-state index is -0.398. The molecule has 2 atom stereocenters. The van der Waals surface area contributed by atoms with E-state index in [9.17, 15) is 9.50 Å². The quantitative estimate of drug-likeness (QED) is 0.777. The van der Waals surface area contributed by atoms with E-state index in [-0.39, 0.29) is 12.6 Å². The lowest BCUT2D eigenvalue weighted by molar-refractivity contribution is 0.0971. The normalized spacial score (nSPS) is 24.9. The topological polar surface area (TPSA) is 20.2 Å². The summed E-state index contributed by atoms with van der Waals surface area (Å²) in [7, 11) is 0. The maximum absolute atomic E-state index is 12.2. The van der Waals surface area contributed by atoms with Gasteiger partial charge >= 0.3 is 0 Å². The van der Waals surface area contributed by atoms with Crippen molar-refractivity contribution < 1.29 is 9.50 Å². The summed E-state index contributed by atoms with van der Waals surface area (Å²) < 4.78 is 12.2. The van der Waals surface area contributed by atoms with E-state index in [0.29, 0.717) is 6.42 Å². The molecule has 1 aliphatic carbocycles. The zero-order valence-corrected chi connectivity index (χ0v) is 9.53. The molecule has 0 radical (unpaired) electrons. The summed E-state index contributed by atoms with van der Waals surface area (Å²) in [6.45, 7) is -0.273. The Bertz CT molecular complexity index is 335. The maximum atomic E-state index is 12.2. The lowest BCUT2D eigenvalue weighted by atomic mass is 9.90. The van der Waals surface area contributed by atoms with Crippen molar-refractivity contribution in [1.29, 1.82) is 0 Å². The molecule has 0 saturated carbocycles. The molecule has 0 bridgehead atoms. The van der Waals surface area contributed by atoms with Gasteiger partial charge in [-0.3, -0.25) is 4.39 Å². The molecule has 88 valence electrons. The Balaban J connectivity index is 2.16. The Morgan fingerprint density at radius 3 is 2.94 bits per heavy atom. The molecule has 0 fully saturated rings. The fourth-order valence-electron chi connectivity index (χ4n) is 2.66. The van der Waals surface area contributed by atoms with Gasteiger partial charge in [-0.05, 0) is 49.1 Å². The second-order valence-electron chi connectivity index (χ2n) is 4.63. The molecule has 0 aliphatic heterocycles. The largest absolute Gasteiger partial charge is 0.388 e. The van der Waals surface area contributed by atoms with Crippen molar-refractivity contribution in [2.24, 2.45) is 5.92 Å². The van der Waals surface area contributed by atoms with Gasteiger partial charge in [-0.15, -0.1) is 0 Å². The molecular formula is C14H19FO. The second-order valence-corrected chi connectivity index (χ2v) is 4.63. The third-order valence-corrected chi connectivity index (χ3v) is 3.55. The summed E-state index contributed by atoms with van der Waals surface area (Å²) in [5.74, 6) is 0.236. The summed E-state index contributed by atoms with van der Waals surface area (Å²) in [6.07, 6.45) is 4.13. The van der Waals surface area contributed by atoms with Gasteiger partial charge < -0.3 is 5.11 Å². The molecule has 16 heavy (non-hydrogen) atoms. The number of hydrogen-bond acceptors (Lipinski definition) is 1. The lowest BCUT2D eigenvalue weighted by Crippen LogP contribution is -2.12. The van der Waals surface area contributed by atoms with Crippen molar-refractivity contribution in [1.82, 2.24) is 0 Å². The number of aryl methyl sites for hydroxylation is 1. The minimum absolute atomic E-state index is 0.236. The number of halogens is 1. The van der Waals surface area contributed by atoms with Gasteiger partial charge in [0.2, 0.25) is 0 Å². The van der Waals surface area contributed by atoms with E-state index in [4.69, 9.17) is 0 Å². The fraction of sp³-hybridized carbons (Fsp3) is 0.571. The van der Waals surface area contributed by atoms with Crippen LogP contribution in [0.1, 0.15) is 42.9 Å². The SMILES string of the molecule is OC1c2ccccc2CCCC1CCCF. The molecule has 2 unspecified atom stereocenters. The molecule has 0 spiro atoms. The third kappa shape index (κ3) is 2.43. The van der Waals surface area contributed by atoms with Crippen LogP contribution in [0.15, 0.2) is 24.3 Å². The predicted molar refractivity (Wildman–Crippen MR) is 63.0 cm³/mol. The number of aliphatic hydroxyl groups excluding tert-OH is 1. The van der Waals surface area contributed by atoms with Crippen LogP contribution >= 0.6 is 0 Å². The van der Waals surface area contributed by atoms with Gasteiger partial charge in [0.25, 0.3) is 0 Å². The molecule has 0 amide bonds. The molecule has 0 aromatic heterocycles. The van der Waals surface area contributed by atoms with E-state index in [1.54, 1.807) is 0 Å². The molecule has 1 nitrogen and oxygen atoms in total. The van der Waals surface area contributed by atoms with E-state index >= 15 is 0 Å². The number of aliphatic hydroxyl groups is 1. The lowest BCUT2D eigenvalue weighted by Gasteiger charge is -2.21. The van der Waals surface area contributed by atoms with Gasteiger partial charge in [0, 0.05) is 0 Å². The highest BCUT2D eigenvalue weighted by molar-refractivity contribution is 5.30. The van der Waals surface area contributed by atoms with Crippen LogP contribution in [0.2, 0.25) is 0 Å². The van der Waals surface area contributed by atoms with Crippen molar-refractivity contribution >= 4 is 0 Å². The average Bonchev–Trinajstić information content (AvgIpc) is 2.47. The molecule has 1 aliphatic rings. The van der Waals surface area contributed by atoms with Crippen molar-refractivity contribution in [2.45, 2.75) is 38.2 Å². The Kier molecular flexibility index (Phi) is 3.94. The van der Waals surface area contributed by atoms with Crippen LogP contribution in [-0.2, 0) is 6.42 Å². The first kappa shape index (κ1) is 11.6. The monoisotopic (exact) mass is 222 g/mol. The van der Waals surface area contributed by atoms with Crippen molar-refractivity contribution in [3.05, 3.63) is 35.4 Å². The van der Waals surface area contributed by atoms with Crippen molar-refractivity contribution in [3.8, 4) is 0 Å². The highest BCUT2D eigenvalue weighted by Crippen LogP contribution is 2.35. The van der Waals surface area contributed by atoms with Crippen LogP contribution in [0.4, 0.5) is 4.39 Å². The minimum Gasteiger partial charge on any atom is -0.388 e. The Hall–Kier alpha value is -0.890. The van der Waals surface area contributed by atoms with Gasteiger partial charge in [0.15, 0.2) is 0 Å². The van der Waals surface area contributed by atoms with E-state index in [2.05, 4.69) is 6.07 Å². The van der Waals surface area contributed by atoms with Crippen LogP contribution in [0.25, 0.3) is 0 Å². The standard InChI is InChI=1S/C14H19FO/c15-10-4-8-12-7-3-6-11-5-1-2-9-13(11)14(12)16/h1-2,5,9,12,14,16H,3-4,6-8,10H2. The Morgan fingerprint density at radius 1 is 1.31 bits per heavy atom. The summed E-state index contributed by atoms with van der Waals surface area (Å²) in [6, 6.07) is 8.09. The van der Waals surface area contributed by atoms with Crippen LogP contribution in [-0.4, -0.2) is 11.8 Å². The van der Waals surface area contributed by atoms with E-state index in [1.807, 2.05) is 18.2 Å². The molecule has 1 aromatic carbocycles. The van der Waals surface area contributed by atoms with E-state index in [1.165, 1.54) is 5.56 Å². The molecule has 1 aromatic rings. The van der Waals surface area contributed by atoms with E-state index < -0.39 is 6.10 Å². The maximum Gasteiger partial charge on any atom is 0.0894 e. The molecule has 2 rings (SSSR count). The summed E-state index contributed by atoms with van der Waals surface area (Å²) in [5.41, 5.74) is 2.32. The molecule has 0 saturated heterocycles. The van der Waals surface area contributed by atoms with Gasteiger partial charge in [-0.1, -0.05) is 24.3 Å². The molecule has 2 heteroatoms. The van der Waals surface area contributed by atoms with Gasteiger partial charge in [-0.25, -0.2) is 0 Å². The fourth-order valence-corrected chi connectivity index (χ4v) is 2.66. The van der Waals surface area contributed by atoms with Crippen LogP contribution in [0.3, 0.4) is 0 Å². The molecule has 1 N–H and O–H groups in total. The predicted octanol–water partition coefficient (Wildman–Crippen LogP) is 3.42. The zero-order chi connectivity index (χ0) is 11.4. The number of benzene rings is 1. The van der Waals surface area contributed by atoms with Gasteiger partial charge in [-0.2, -0.15) is 0 Å². The summed E-state index contributed by atoms with van der Waals surface area (Å²) in [4.78, 5) is 0. The first-order chi connectivity index (χ1) is 7.83. The number of hydrogen-bond donors (Lipinski definition) is 1. The smallest absolute Gasteiger partial charge is 0.0894 e. The van der Waals surface area contributed by atoms with Gasteiger partial charge in [0.05, 0.1) is 12.8 Å². The second kappa shape index (κ2) is 5.44. The Morgan fingerprint density at radius 2 is 2.12 bits per heavy atom. The van der Waals surface area contributed by atoms with Crippen LogP contribution in [0.5, 0.6) is 0 Å². The van der Waals surface area contributed by atoms with E-state index in [0.717, 1.165) is 31.2 Å². The summed E-state index contributed by atoms with van der Waals surface area (Å²) >= 11 is 0. The third-order valence-electron chi connectivity index (χ3n) is 3.55. The highest BCUT2D eigenvalue weighted by atomic mass is 19.1. The highest BCUT2D eigenvalue weighted by Gasteiger charge is 2.25. The Labute approximate surface area is 96.3 Å². The number of alkyl halides is 1. The van der Waals surface area contributed by atoms with Crippen LogP contribution < -0.4 is 0 Å². The number of rotatable bonds is 3. The molecule has 0 heterocycles. The molecular weight excluding hydrogens is 203 g/mol. The zero-order valence-electron chi connectivity index (χ0n) is 9.53. The van der Waals surface area contributed by atoms with Crippen molar-refractivity contribution in [3.63, 3.8) is 0 Å². The number of fused-ring (bicyclic) bond motifs is 1. The average molecular weight is 222 g/mol. The first-order valence-corrected chi connectivity index (χ1v) is 6.14. The first-order valence-electron chi connectivity index (χ1n) is 6.14. The summed E-state index contributed by atoms with van der Waals surface area (Å²) in [5, 5.41) is 10.3.